The molecule has 0 aromatic heterocycles. The van der Waals surface area contributed by atoms with E-state index in [0.717, 1.165) is 0 Å². The lowest BCUT2D eigenvalue weighted by molar-refractivity contribution is -0.140. The van der Waals surface area contributed by atoms with E-state index in [1.165, 1.54) is 6.92 Å². The van der Waals surface area contributed by atoms with Crippen LogP contribution in [-0.4, -0.2) is 48.2 Å². The number of unbranched alkanes of at least 4 members (excludes halogenated alkanes) is 1. The van der Waals surface area contributed by atoms with Gasteiger partial charge in [0.15, 0.2) is 0 Å². The number of urea groups is 1. The summed E-state index contributed by atoms with van der Waals surface area (Å²) in [5.74, 6) is -3.48. The highest BCUT2D eigenvalue weighted by Crippen LogP contribution is 2.27. The molecule has 1 heterocycles. The molecule has 23 heavy (non-hydrogen) atoms. The Hall–Kier alpha value is -1.81. The number of halogens is 1. The molecule has 0 radical (unpaired) electrons. The van der Waals surface area contributed by atoms with Crippen molar-refractivity contribution in [2.45, 2.75) is 26.2 Å². The van der Waals surface area contributed by atoms with E-state index in [1.54, 1.807) is 0 Å². The predicted molar refractivity (Wildman–Crippen MR) is 81.7 cm³/mol. The van der Waals surface area contributed by atoms with Crippen molar-refractivity contribution in [1.29, 1.82) is 0 Å². The van der Waals surface area contributed by atoms with E-state index < -0.39 is 40.3 Å². The second-order valence-corrected chi connectivity index (χ2v) is 7.31. The summed E-state index contributed by atoms with van der Waals surface area (Å²) in [6, 6.07) is -0.947. The fraction of sp³-hybridized carbons (Fsp3) is 0.583. The molecule has 130 valence electrons. The smallest absolute Gasteiger partial charge is 0.335 e. The van der Waals surface area contributed by atoms with Crippen molar-refractivity contribution in [3.63, 3.8) is 0 Å². The second-order valence-electron chi connectivity index (χ2n) is 4.93. The summed E-state index contributed by atoms with van der Waals surface area (Å²) >= 11 is 5.52. The number of nitrogens with one attached hydrogen (secondary N) is 1. The molecule has 11 heteroatoms. The lowest BCUT2D eigenvalue weighted by Gasteiger charge is -2.31. The van der Waals surface area contributed by atoms with Gasteiger partial charge >= 0.3 is 12.0 Å². The quantitative estimate of drug-likeness (QED) is 0.411. The number of carbonyl (C=O) groups excluding carboxylic acids is 2. The minimum Gasteiger partial charge on any atom is -0.481 e. The van der Waals surface area contributed by atoms with Gasteiger partial charge in [0.05, 0.1) is 17.2 Å². The van der Waals surface area contributed by atoms with E-state index in [4.69, 9.17) is 22.4 Å². The summed E-state index contributed by atoms with van der Waals surface area (Å²) in [5.41, 5.74) is 4.84. The molecule has 0 aromatic carbocycles. The van der Waals surface area contributed by atoms with Crippen LogP contribution in [0.2, 0.25) is 0 Å². The maximum absolute atomic E-state index is 12.4. The van der Waals surface area contributed by atoms with Crippen LogP contribution in [0.1, 0.15) is 26.2 Å². The summed E-state index contributed by atoms with van der Waals surface area (Å²) in [5, 5.41) is 11.1. The van der Waals surface area contributed by atoms with Gasteiger partial charge in [0, 0.05) is 18.1 Å². The molecule has 0 saturated heterocycles. The summed E-state index contributed by atoms with van der Waals surface area (Å²) in [4.78, 5) is 34.0. The van der Waals surface area contributed by atoms with E-state index in [0.29, 0.717) is 23.0 Å². The SMILES string of the molecule is CC1=C(C(CC(=O)O)C(N)=O)NC(=O)N(CCCCCl)S1(=O)=O. The van der Waals surface area contributed by atoms with Crippen LogP contribution >= 0.6 is 11.6 Å². The number of rotatable bonds is 8. The number of carboxylic acid groups (broad SMARTS) is 1. The van der Waals surface area contributed by atoms with Gasteiger partial charge in [0.1, 0.15) is 0 Å². The Kier molecular flexibility index (Phi) is 6.39. The third-order valence-corrected chi connectivity index (χ3v) is 5.53. The van der Waals surface area contributed by atoms with Crippen molar-refractivity contribution in [3.8, 4) is 0 Å². The highest BCUT2D eigenvalue weighted by Gasteiger charge is 2.40. The fourth-order valence-corrected chi connectivity index (χ4v) is 3.73. The van der Waals surface area contributed by atoms with E-state index in [2.05, 4.69) is 5.32 Å². The Morgan fingerprint density at radius 1 is 1.39 bits per heavy atom. The molecule has 1 rings (SSSR count). The van der Waals surface area contributed by atoms with Gasteiger partial charge in [-0.2, -0.15) is 0 Å². The molecule has 4 N–H and O–H groups in total. The average Bonchev–Trinajstić information content (AvgIpc) is 2.44. The van der Waals surface area contributed by atoms with Gasteiger partial charge in [0.2, 0.25) is 5.91 Å². The Bertz CT molecular complexity index is 645. The summed E-state index contributed by atoms with van der Waals surface area (Å²) in [7, 11) is -4.14. The van der Waals surface area contributed by atoms with Crippen LogP contribution in [0.25, 0.3) is 0 Å². The normalized spacial score (nSPS) is 18.5. The van der Waals surface area contributed by atoms with Crippen LogP contribution in [0.4, 0.5) is 4.79 Å². The van der Waals surface area contributed by atoms with Gasteiger partial charge < -0.3 is 16.2 Å². The number of primary amides is 1. The van der Waals surface area contributed by atoms with Crippen molar-refractivity contribution in [2.75, 3.05) is 12.4 Å². The predicted octanol–water partition coefficient (Wildman–Crippen LogP) is 0.168. The molecule has 0 saturated carbocycles. The van der Waals surface area contributed by atoms with Gasteiger partial charge in [-0.3, -0.25) is 9.59 Å². The third kappa shape index (κ3) is 4.35. The number of carboxylic acids is 1. The molecule has 1 aliphatic rings. The molecule has 9 nitrogen and oxygen atoms in total. The van der Waals surface area contributed by atoms with E-state index in [1.807, 2.05) is 0 Å². The molecule has 1 atom stereocenters. The number of nitrogens with two attached hydrogens (primary N) is 1. The number of alkyl halides is 1. The van der Waals surface area contributed by atoms with Gasteiger partial charge in [0.25, 0.3) is 10.0 Å². The first kappa shape index (κ1) is 19.2. The number of sulfonamides is 1. The first-order valence-corrected chi connectivity index (χ1v) is 8.72. The zero-order valence-corrected chi connectivity index (χ0v) is 14.0. The van der Waals surface area contributed by atoms with Crippen LogP contribution in [-0.2, 0) is 19.6 Å². The summed E-state index contributed by atoms with van der Waals surface area (Å²) < 4.78 is 25.5. The van der Waals surface area contributed by atoms with E-state index >= 15 is 0 Å². The largest absolute Gasteiger partial charge is 0.481 e. The molecule has 0 aromatic rings. The van der Waals surface area contributed by atoms with Crippen molar-refractivity contribution in [3.05, 3.63) is 10.6 Å². The van der Waals surface area contributed by atoms with Crippen LogP contribution < -0.4 is 11.1 Å². The Balaban J connectivity index is 3.21. The number of allylic oxidation sites excluding steroid dienone is 1. The zero-order valence-electron chi connectivity index (χ0n) is 12.4. The maximum atomic E-state index is 12.4. The number of amides is 3. The lowest BCUT2D eigenvalue weighted by atomic mass is 10.00. The molecule has 0 spiro atoms. The highest BCUT2D eigenvalue weighted by molar-refractivity contribution is 7.93. The Morgan fingerprint density at radius 2 is 2.00 bits per heavy atom. The lowest BCUT2D eigenvalue weighted by Crippen LogP contribution is -2.51. The molecule has 1 unspecified atom stereocenters. The van der Waals surface area contributed by atoms with Crippen molar-refractivity contribution in [2.24, 2.45) is 11.7 Å². The van der Waals surface area contributed by atoms with Gasteiger partial charge in [-0.15, -0.1) is 11.6 Å². The zero-order chi connectivity index (χ0) is 17.8. The average molecular weight is 368 g/mol. The topological polar surface area (TPSA) is 147 Å². The first-order valence-electron chi connectivity index (χ1n) is 6.74. The highest BCUT2D eigenvalue weighted by atomic mass is 35.5. The van der Waals surface area contributed by atoms with Crippen molar-refractivity contribution in [1.82, 2.24) is 9.62 Å². The fourth-order valence-electron chi connectivity index (χ4n) is 2.10. The number of nitrogens with zero attached hydrogens (tertiary/aromatic N) is 1. The standard InChI is InChI=1S/C12H18ClN3O6S/c1-7-10(8(11(14)19)6-9(17)18)15-12(20)16(23(7,21)22)5-3-2-4-13/h8H,2-6H2,1H3,(H2,14,19)(H,15,20)(H,17,18). The Morgan fingerprint density at radius 3 is 2.48 bits per heavy atom. The Labute approximate surface area is 138 Å². The third-order valence-electron chi connectivity index (χ3n) is 3.34. The monoisotopic (exact) mass is 367 g/mol. The van der Waals surface area contributed by atoms with E-state index in [9.17, 15) is 22.8 Å². The van der Waals surface area contributed by atoms with Crippen molar-refractivity contribution >= 4 is 39.5 Å². The van der Waals surface area contributed by atoms with Crippen LogP contribution in [0.15, 0.2) is 10.6 Å². The number of aliphatic carboxylic acids is 1. The first-order chi connectivity index (χ1) is 10.6. The molecular formula is C12H18ClN3O6S. The van der Waals surface area contributed by atoms with Gasteiger partial charge in [-0.25, -0.2) is 17.5 Å². The van der Waals surface area contributed by atoms with Crippen LogP contribution in [0.3, 0.4) is 0 Å². The molecular weight excluding hydrogens is 350 g/mol. The number of carbonyl (C=O) groups is 3. The van der Waals surface area contributed by atoms with Gasteiger partial charge in [-0.1, -0.05) is 0 Å². The van der Waals surface area contributed by atoms with Gasteiger partial charge in [-0.05, 0) is 19.8 Å². The van der Waals surface area contributed by atoms with Crippen LogP contribution in [0.5, 0.6) is 0 Å². The molecule has 0 aliphatic carbocycles. The number of hydrogen-bond acceptors (Lipinski definition) is 5. The maximum Gasteiger partial charge on any atom is 0.335 e. The van der Waals surface area contributed by atoms with E-state index in [-0.39, 0.29) is 17.1 Å². The molecule has 3 amide bonds. The minimum absolute atomic E-state index is 0.0638. The molecule has 0 fully saturated rings. The second kappa shape index (κ2) is 7.64. The number of hydrogen-bond donors (Lipinski definition) is 3. The summed E-state index contributed by atoms with van der Waals surface area (Å²) in [6.07, 6.45) is 0.191. The molecule has 1 aliphatic heterocycles. The van der Waals surface area contributed by atoms with Crippen molar-refractivity contribution < 1.29 is 27.9 Å². The minimum atomic E-state index is -4.14. The summed E-state index contributed by atoms with van der Waals surface area (Å²) in [6.45, 7) is 1.13. The molecule has 0 bridgehead atoms. The van der Waals surface area contributed by atoms with Crippen LogP contribution in [0, 0.1) is 5.92 Å².